The third-order valence-corrected chi connectivity index (χ3v) is 4.45. The number of pyridine rings is 1. The first kappa shape index (κ1) is 16.4. The second-order valence-corrected chi connectivity index (χ2v) is 6.99. The standard InChI is InChI=1S/C15H20N4O2S/c1-10-12(19(20)21)5-6-13(17-10)16-8-7-11-9-22-14(18-11)15(2,3)4/h5-6,9H,7-8H2,1-4H3,(H,16,17). The second-order valence-electron chi connectivity index (χ2n) is 6.13. The molecule has 7 heteroatoms. The molecule has 0 aliphatic heterocycles. The maximum Gasteiger partial charge on any atom is 0.290 e. The minimum atomic E-state index is -0.421. The normalized spacial score (nSPS) is 11.5. The SMILES string of the molecule is Cc1nc(NCCc2csc(C(C)(C)C)n2)ccc1[N+](=O)[O-]. The average Bonchev–Trinajstić information content (AvgIpc) is 2.87. The summed E-state index contributed by atoms with van der Waals surface area (Å²) in [6.07, 6.45) is 0.796. The monoisotopic (exact) mass is 320 g/mol. The van der Waals surface area contributed by atoms with Crippen LogP contribution in [0.15, 0.2) is 17.5 Å². The summed E-state index contributed by atoms with van der Waals surface area (Å²) in [4.78, 5) is 19.2. The quantitative estimate of drug-likeness (QED) is 0.671. The van der Waals surface area contributed by atoms with Gasteiger partial charge in [0.05, 0.1) is 15.6 Å². The van der Waals surface area contributed by atoms with E-state index in [0.717, 1.165) is 17.1 Å². The molecule has 0 saturated carbocycles. The van der Waals surface area contributed by atoms with E-state index in [4.69, 9.17) is 0 Å². The third-order valence-electron chi connectivity index (χ3n) is 3.14. The van der Waals surface area contributed by atoms with E-state index in [-0.39, 0.29) is 11.1 Å². The molecule has 2 aromatic heterocycles. The molecule has 0 amide bonds. The van der Waals surface area contributed by atoms with Gasteiger partial charge in [0.1, 0.15) is 11.5 Å². The summed E-state index contributed by atoms with van der Waals surface area (Å²) < 4.78 is 0. The molecule has 0 aliphatic rings. The molecule has 0 aliphatic carbocycles. The summed E-state index contributed by atoms with van der Waals surface area (Å²) >= 11 is 1.68. The summed E-state index contributed by atoms with van der Waals surface area (Å²) in [5, 5.41) is 17.1. The lowest BCUT2D eigenvalue weighted by Gasteiger charge is -2.13. The van der Waals surface area contributed by atoms with E-state index in [1.165, 1.54) is 6.07 Å². The first-order valence-electron chi connectivity index (χ1n) is 7.08. The Bertz CT molecular complexity index is 676. The molecule has 2 heterocycles. The zero-order valence-corrected chi connectivity index (χ0v) is 14.0. The van der Waals surface area contributed by atoms with Crippen LogP contribution in [-0.4, -0.2) is 21.4 Å². The highest BCUT2D eigenvalue weighted by atomic mass is 32.1. The number of aromatic nitrogens is 2. The molecule has 0 saturated heterocycles. The molecule has 6 nitrogen and oxygen atoms in total. The van der Waals surface area contributed by atoms with Gasteiger partial charge in [0.2, 0.25) is 0 Å². The highest BCUT2D eigenvalue weighted by Crippen LogP contribution is 2.25. The average molecular weight is 320 g/mol. The number of anilines is 1. The molecular weight excluding hydrogens is 300 g/mol. The summed E-state index contributed by atoms with van der Waals surface area (Å²) in [6, 6.07) is 3.11. The topological polar surface area (TPSA) is 81.0 Å². The number of nitrogens with zero attached hydrogens (tertiary/aromatic N) is 3. The lowest BCUT2D eigenvalue weighted by molar-refractivity contribution is -0.385. The van der Waals surface area contributed by atoms with Crippen LogP contribution in [0.25, 0.3) is 0 Å². The number of nitrogens with one attached hydrogen (secondary N) is 1. The van der Waals surface area contributed by atoms with Crippen LogP contribution in [0, 0.1) is 17.0 Å². The Morgan fingerprint density at radius 3 is 2.59 bits per heavy atom. The first-order chi connectivity index (χ1) is 10.3. The van der Waals surface area contributed by atoms with Crippen LogP contribution >= 0.6 is 11.3 Å². The highest BCUT2D eigenvalue weighted by Gasteiger charge is 2.17. The summed E-state index contributed by atoms with van der Waals surface area (Å²) in [5.74, 6) is 0.648. The molecule has 118 valence electrons. The van der Waals surface area contributed by atoms with Crippen LogP contribution in [0.5, 0.6) is 0 Å². The van der Waals surface area contributed by atoms with Gasteiger partial charge in [-0.1, -0.05) is 20.8 Å². The molecule has 0 spiro atoms. The fourth-order valence-corrected chi connectivity index (χ4v) is 2.87. The smallest absolute Gasteiger partial charge is 0.290 e. The predicted octanol–water partition coefficient (Wildman–Crippen LogP) is 3.71. The largest absolute Gasteiger partial charge is 0.370 e. The van der Waals surface area contributed by atoms with Gasteiger partial charge in [-0.15, -0.1) is 11.3 Å². The second kappa shape index (κ2) is 6.39. The molecule has 2 aromatic rings. The fraction of sp³-hybridized carbons (Fsp3) is 0.467. The lowest BCUT2D eigenvalue weighted by atomic mass is 9.98. The van der Waals surface area contributed by atoms with Crippen molar-refractivity contribution in [2.45, 2.75) is 39.5 Å². The minimum Gasteiger partial charge on any atom is -0.370 e. The van der Waals surface area contributed by atoms with E-state index in [1.807, 2.05) is 0 Å². The predicted molar refractivity (Wildman–Crippen MR) is 88.6 cm³/mol. The molecule has 1 N–H and O–H groups in total. The highest BCUT2D eigenvalue weighted by molar-refractivity contribution is 7.09. The third kappa shape index (κ3) is 4.00. The molecule has 0 radical (unpaired) electrons. The first-order valence-corrected chi connectivity index (χ1v) is 7.96. The van der Waals surface area contributed by atoms with E-state index in [1.54, 1.807) is 24.3 Å². The molecule has 0 atom stereocenters. The summed E-state index contributed by atoms with van der Waals surface area (Å²) in [6.45, 7) is 8.78. The van der Waals surface area contributed by atoms with Gasteiger partial charge in [0.25, 0.3) is 5.69 Å². The van der Waals surface area contributed by atoms with Crippen molar-refractivity contribution in [1.29, 1.82) is 0 Å². The number of hydrogen-bond donors (Lipinski definition) is 1. The van der Waals surface area contributed by atoms with E-state index >= 15 is 0 Å². The minimum absolute atomic E-state index is 0.0415. The van der Waals surface area contributed by atoms with Gasteiger partial charge in [-0.3, -0.25) is 10.1 Å². The van der Waals surface area contributed by atoms with Crippen molar-refractivity contribution in [3.63, 3.8) is 0 Å². The van der Waals surface area contributed by atoms with Gasteiger partial charge < -0.3 is 5.32 Å². The number of nitro groups is 1. The molecule has 22 heavy (non-hydrogen) atoms. The van der Waals surface area contributed by atoms with Crippen LogP contribution in [0.4, 0.5) is 11.5 Å². The van der Waals surface area contributed by atoms with Gasteiger partial charge >= 0.3 is 0 Å². The van der Waals surface area contributed by atoms with Crippen molar-refractivity contribution >= 4 is 22.8 Å². The summed E-state index contributed by atoms with van der Waals surface area (Å²) in [7, 11) is 0. The molecule has 2 rings (SSSR count). The molecule has 0 aromatic carbocycles. The molecule has 0 unspecified atom stereocenters. The van der Waals surface area contributed by atoms with Gasteiger partial charge in [0.15, 0.2) is 0 Å². The van der Waals surface area contributed by atoms with Crippen LogP contribution in [0.2, 0.25) is 0 Å². The molecule has 0 fully saturated rings. The Kier molecular flexibility index (Phi) is 4.75. The zero-order chi connectivity index (χ0) is 16.3. The number of aryl methyl sites for hydroxylation is 1. The Hall–Kier alpha value is -2.02. The number of thiazole rings is 1. The fourth-order valence-electron chi connectivity index (χ4n) is 1.93. The molecule has 0 bridgehead atoms. The van der Waals surface area contributed by atoms with Crippen molar-refractivity contribution in [3.05, 3.63) is 44.0 Å². The Balaban J connectivity index is 1.93. The van der Waals surface area contributed by atoms with Crippen LogP contribution < -0.4 is 5.32 Å². The van der Waals surface area contributed by atoms with Gasteiger partial charge in [-0.25, -0.2) is 9.97 Å². The van der Waals surface area contributed by atoms with Gasteiger partial charge in [0, 0.05) is 29.8 Å². The number of rotatable bonds is 5. The Morgan fingerprint density at radius 2 is 2.05 bits per heavy atom. The van der Waals surface area contributed by atoms with E-state index in [2.05, 4.69) is 41.4 Å². The number of hydrogen-bond acceptors (Lipinski definition) is 6. The van der Waals surface area contributed by atoms with Gasteiger partial charge in [-0.05, 0) is 13.0 Å². The van der Waals surface area contributed by atoms with Crippen LogP contribution in [-0.2, 0) is 11.8 Å². The zero-order valence-electron chi connectivity index (χ0n) is 13.2. The van der Waals surface area contributed by atoms with Crippen molar-refractivity contribution in [2.24, 2.45) is 0 Å². The van der Waals surface area contributed by atoms with E-state index in [0.29, 0.717) is 18.1 Å². The van der Waals surface area contributed by atoms with Crippen LogP contribution in [0.3, 0.4) is 0 Å². The van der Waals surface area contributed by atoms with Crippen molar-refractivity contribution in [2.75, 3.05) is 11.9 Å². The van der Waals surface area contributed by atoms with Gasteiger partial charge in [-0.2, -0.15) is 0 Å². The maximum atomic E-state index is 10.8. The summed E-state index contributed by atoms with van der Waals surface area (Å²) in [5.41, 5.74) is 1.59. The maximum absolute atomic E-state index is 10.8. The van der Waals surface area contributed by atoms with Crippen molar-refractivity contribution in [1.82, 2.24) is 9.97 Å². The van der Waals surface area contributed by atoms with E-state index < -0.39 is 4.92 Å². The van der Waals surface area contributed by atoms with Crippen molar-refractivity contribution in [3.8, 4) is 0 Å². The van der Waals surface area contributed by atoms with E-state index in [9.17, 15) is 10.1 Å². The van der Waals surface area contributed by atoms with Crippen LogP contribution in [0.1, 0.15) is 37.2 Å². The lowest BCUT2D eigenvalue weighted by Crippen LogP contribution is -2.11. The Morgan fingerprint density at radius 1 is 1.32 bits per heavy atom. The van der Waals surface area contributed by atoms with Crippen molar-refractivity contribution < 1.29 is 4.92 Å². The molecular formula is C15H20N4O2S. The Labute approximate surface area is 133 Å².